The molecule has 0 unspecified atom stereocenters. The SMILES string of the molecule is O=C(NN=Cc1c[nH]c2ccccc12)c1ccc(F)s1. The molecule has 1 amide bonds. The molecule has 2 heterocycles. The predicted molar refractivity (Wildman–Crippen MR) is 77.6 cm³/mol. The summed E-state index contributed by atoms with van der Waals surface area (Å²) in [4.78, 5) is 15.1. The van der Waals surface area contributed by atoms with Gasteiger partial charge in [0.05, 0.1) is 11.1 Å². The molecule has 3 aromatic rings. The number of hydrogen-bond donors (Lipinski definition) is 2. The van der Waals surface area contributed by atoms with Gasteiger partial charge in [0.1, 0.15) is 0 Å². The Morgan fingerprint density at radius 3 is 2.95 bits per heavy atom. The van der Waals surface area contributed by atoms with Crippen molar-refractivity contribution in [2.45, 2.75) is 0 Å². The fraction of sp³-hybridized carbons (Fsp3) is 0. The summed E-state index contributed by atoms with van der Waals surface area (Å²) in [5.41, 5.74) is 4.25. The van der Waals surface area contributed by atoms with E-state index in [0.29, 0.717) is 4.88 Å². The van der Waals surface area contributed by atoms with E-state index in [1.165, 1.54) is 12.1 Å². The smallest absolute Gasteiger partial charge is 0.281 e. The highest BCUT2D eigenvalue weighted by atomic mass is 32.1. The highest BCUT2D eigenvalue weighted by molar-refractivity contribution is 7.12. The number of benzene rings is 1. The average Bonchev–Trinajstić information content (AvgIpc) is 3.06. The van der Waals surface area contributed by atoms with Gasteiger partial charge in [0, 0.05) is 22.7 Å². The third-order valence-corrected chi connectivity index (χ3v) is 3.66. The van der Waals surface area contributed by atoms with Crippen molar-refractivity contribution in [2.75, 3.05) is 0 Å². The number of halogens is 1. The van der Waals surface area contributed by atoms with Crippen LogP contribution in [0.25, 0.3) is 10.9 Å². The van der Waals surface area contributed by atoms with Crippen LogP contribution in [0.3, 0.4) is 0 Å². The second-order valence-electron chi connectivity index (χ2n) is 4.09. The van der Waals surface area contributed by atoms with Crippen LogP contribution in [-0.2, 0) is 0 Å². The van der Waals surface area contributed by atoms with Crippen LogP contribution in [0.15, 0.2) is 47.7 Å². The van der Waals surface area contributed by atoms with E-state index < -0.39 is 11.0 Å². The molecule has 3 rings (SSSR count). The summed E-state index contributed by atoms with van der Waals surface area (Å²) in [6, 6.07) is 10.5. The minimum Gasteiger partial charge on any atom is -0.361 e. The molecule has 4 nitrogen and oxygen atoms in total. The summed E-state index contributed by atoms with van der Waals surface area (Å²) in [6.45, 7) is 0. The van der Waals surface area contributed by atoms with Gasteiger partial charge in [-0.25, -0.2) is 5.43 Å². The summed E-state index contributed by atoms with van der Waals surface area (Å²) < 4.78 is 12.8. The number of nitrogens with one attached hydrogen (secondary N) is 2. The van der Waals surface area contributed by atoms with E-state index in [1.54, 1.807) is 6.21 Å². The Morgan fingerprint density at radius 2 is 2.15 bits per heavy atom. The number of aromatic amines is 1. The average molecular weight is 287 g/mol. The molecule has 0 saturated heterocycles. The Balaban J connectivity index is 1.73. The third-order valence-electron chi connectivity index (χ3n) is 2.79. The first-order valence-corrected chi connectivity index (χ1v) is 6.70. The summed E-state index contributed by atoms with van der Waals surface area (Å²) in [5.74, 6) is -0.421. The molecule has 0 aliphatic carbocycles. The van der Waals surface area contributed by atoms with Gasteiger partial charge in [-0.2, -0.15) is 9.49 Å². The minimum atomic E-state index is -0.421. The van der Waals surface area contributed by atoms with Crippen LogP contribution in [0.2, 0.25) is 0 Å². The van der Waals surface area contributed by atoms with Gasteiger partial charge in [-0.1, -0.05) is 18.2 Å². The molecule has 2 aromatic heterocycles. The number of hydrazone groups is 1. The highest BCUT2D eigenvalue weighted by Crippen LogP contribution is 2.16. The van der Waals surface area contributed by atoms with E-state index in [4.69, 9.17) is 0 Å². The molecule has 0 spiro atoms. The number of amides is 1. The summed E-state index contributed by atoms with van der Waals surface area (Å²) in [5, 5.41) is 4.52. The van der Waals surface area contributed by atoms with Gasteiger partial charge in [-0.3, -0.25) is 4.79 Å². The Hall–Kier alpha value is -2.47. The number of rotatable bonds is 3. The Bertz CT molecular complexity index is 790. The number of fused-ring (bicyclic) bond motifs is 1. The van der Waals surface area contributed by atoms with Crippen molar-refractivity contribution in [3.05, 3.63) is 58.2 Å². The largest absolute Gasteiger partial charge is 0.361 e. The molecular weight excluding hydrogens is 277 g/mol. The molecular formula is C14H10FN3OS. The predicted octanol–water partition coefficient (Wildman–Crippen LogP) is 3.13. The number of carbonyl (C=O) groups excluding carboxylic acids is 1. The number of H-pyrrole nitrogens is 1. The number of para-hydroxylation sites is 1. The van der Waals surface area contributed by atoms with Gasteiger partial charge in [0.2, 0.25) is 0 Å². The quantitative estimate of drug-likeness (QED) is 0.564. The molecule has 1 aromatic carbocycles. The monoisotopic (exact) mass is 287 g/mol. The van der Waals surface area contributed by atoms with Gasteiger partial charge in [-0.05, 0) is 18.2 Å². The zero-order valence-corrected chi connectivity index (χ0v) is 11.1. The fourth-order valence-electron chi connectivity index (χ4n) is 1.85. The van der Waals surface area contributed by atoms with Crippen LogP contribution < -0.4 is 5.43 Å². The molecule has 0 fully saturated rings. The van der Waals surface area contributed by atoms with Crippen molar-refractivity contribution < 1.29 is 9.18 Å². The highest BCUT2D eigenvalue weighted by Gasteiger charge is 2.07. The van der Waals surface area contributed by atoms with Crippen molar-refractivity contribution in [2.24, 2.45) is 5.10 Å². The molecule has 2 N–H and O–H groups in total. The lowest BCUT2D eigenvalue weighted by Gasteiger charge is -1.95. The van der Waals surface area contributed by atoms with Crippen LogP contribution in [0.5, 0.6) is 0 Å². The zero-order valence-electron chi connectivity index (χ0n) is 10.3. The summed E-state index contributed by atoms with van der Waals surface area (Å²) >= 11 is 0.788. The molecule has 0 radical (unpaired) electrons. The van der Waals surface area contributed by atoms with E-state index >= 15 is 0 Å². The van der Waals surface area contributed by atoms with Crippen LogP contribution in [0.4, 0.5) is 4.39 Å². The summed E-state index contributed by atoms with van der Waals surface area (Å²) in [6.07, 6.45) is 3.37. The van der Waals surface area contributed by atoms with Crippen molar-refractivity contribution in [1.82, 2.24) is 10.4 Å². The number of hydrogen-bond acceptors (Lipinski definition) is 3. The second-order valence-corrected chi connectivity index (χ2v) is 5.13. The standard InChI is InChI=1S/C14H10FN3OS/c15-13-6-5-12(20-13)14(19)18-17-8-9-7-16-11-4-2-1-3-10(9)11/h1-8,16H,(H,18,19). The fourth-order valence-corrected chi connectivity index (χ4v) is 2.47. The first-order chi connectivity index (χ1) is 9.74. The van der Waals surface area contributed by atoms with Crippen LogP contribution in [0, 0.1) is 5.13 Å². The molecule has 0 aliphatic rings. The van der Waals surface area contributed by atoms with Gasteiger partial charge < -0.3 is 4.98 Å². The van der Waals surface area contributed by atoms with Crippen molar-refractivity contribution >= 4 is 34.4 Å². The number of carbonyl (C=O) groups is 1. The van der Waals surface area contributed by atoms with Crippen LogP contribution >= 0.6 is 11.3 Å². The lowest BCUT2D eigenvalue weighted by atomic mass is 10.2. The van der Waals surface area contributed by atoms with E-state index in [-0.39, 0.29) is 0 Å². The maximum Gasteiger partial charge on any atom is 0.281 e. The Morgan fingerprint density at radius 1 is 1.30 bits per heavy atom. The molecule has 100 valence electrons. The van der Waals surface area contributed by atoms with E-state index in [1.807, 2.05) is 30.5 Å². The van der Waals surface area contributed by atoms with Gasteiger partial charge >= 0.3 is 0 Å². The minimum absolute atomic E-state index is 0.290. The van der Waals surface area contributed by atoms with Crippen molar-refractivity contribution in [1.29, 1.82) is 0 Å². The second kappa shape index (κ2) is 5.26. The number of nitrogens with zero attached hydrogens (tertiary/aromatic N) is 1. The van der Waals surface area contributed by atoms with E-state index in [0.717, 1.165) is 27.8 Å². The number of thiophene rings is 1. The lowest BCUT2D eigenvalue weighted by Crippen LogP contribution is -2.16. The third kappa shape index (κ3) is 2.46. The maximum absolute atomic E-state index is 12.8. The van der Waals surface area contributed by atoms with Gasteiger partial charge in [0.25, 0.3) is 5.91 Å². The van der Waals surface area contributed by atoms with Crippen molar-refractivity contribution in [3.8, 4) is 0 Å². The molecule has 0 saturated carbocycles. The topological polar surface area (TPSA) is 57.2 Å². The van der Waals surface area contributed by atoms with E-state index in [9.17, 15) is 9.18 Å². The van der Waals surface area contributed by atoms with Crippen LogP contribution in [0.1, 0.15) is 15.2 Å². The number of aromatic nitrogens is 1. The molecule has 0 bridgehead atoms. The van der Waals surface area contributed by atoms with Gasteiger partial charge in [-0.15, -0.1) is 11.3 Å². The molecule has 20 heavy (non-hydrogen) atoms. The molecule has 6 heteroatoms. The summed E-state index contributed by atoms with van der Waals surface area (Å²) in [7, 11) is 0. The van der Waals surface area contributed by atoms with E-state index in [2.05, 4.69) is 15.5 Å². The maximum atomic E-state index is 12.8. The normalized spacial score (nSPS) is 11.2. The van der Waals surface area contributed by atoms with Crippen LogP contribution in [-0.4, -0.2) is 17.1 Å². The first-order valence-electron chi connectivity index (χ1n) is 5.89. The Labute approximate surface area is 117 Å². The first kappa shape index (κ1) is 12.6. The lowest BCUT2D eigenvalue weighted by molar-refractivity contribution is 0.0959. The van der Waals surface area contributed by atoms with Crippen molar-refractivity contribution in [3.63, 3.8) is 0 Å². The van der Waals surface area contributed by atoms with Gasteiger partial charge in [0.15, 0.2) is 5.13 Å². The zero-order chi connectivity index (χ0) is 13.9. The molecule has 0 aliphatic heterocycles. The molecule has 0 atom stereocenters. The Kier molecular flexibility index (Phi) is 3.30.